The van der Waals surface area contributed by atoms with Gasteiger partial charge in [-0.3, -0.25) is 14.8 Å². The molecule has 3 aromatic rings. The van der Waals surface area contributed by atoms with E-state index in [1.807, 2.05) is 6.07 Å². The van der Waals surface area contributed by atoms with E-state index in [2.05, 4.69) is 9.97 Å². The number of nitrogens with zero attached hydrogens (tertiary/aromatic N) is 4. The first-order valence-electron chi connectivity index (χ1n) is 11.8. The molecule has 1 aromatic heterocycles. The quantitative estimate of drug-likeness (QED) is 0.494. The number of nitriles is 1. The van der Waals surface area contributed by atoms with E-state index in [4.69, 9.17) is 0 Å². The molecule has 0 bridgehead atoms. The second-order valence-corrected chi connectivity index (χ2v) is 11.5. The van der Waals surface area contributed by atoms with Crippen molar-refractivity contribution < 1.29 is 27.1 Å². The number of halogens is 2. The van der Waals surface area contributed by atoms with Crippen molar-refractivity contribution >= 4 is 26.8 Å². The topological polar surface area (TPSA) is 124 Å². The summed E-state index contributed by atoms with van der Waals surface area (Å²) in [5.74, 6) is -3.70. The number of sulfone groups is 1. The molecule has 194 valence electrons. The number of carbonyl (C=O) groups excluding carboxylic acids is 1. The molecule has 11 heteroatoms. The van der Waals surface area contributed by atoms with E-state index >= 15 is 0 Å². The molecule has 1 aliphatic rings. The highest BCUT2D eigenvalue weighted by atomic mass is 32.2. The number of benzene rings is 2. The maximum absolute atomic E-state index is 13.2. The number of hydrogen-bond acceptors (Lipinski definition) is 7. The fourth-order valence-electron chi connectivity index (χ4n) is 4.47. The maximum atomic E-state index is 13.2. The van der Waals surface area contributed by atoms with E-state index in [9.17, 15) is 32.4 Å². The Bertz CT molecular complexity index is 1470. The van der Waals surface area contributed by atoms with Crippen LogP contribution in [0.5, 0.6) is 0 Å². The van der Waals surface area contributed by atoms with E-state index < -0.39 is 39.4 Å². The van der Waals surface area contributed by atoms with Gasteiger partial charge >= 0.3 is 0 Å². The van der Waals surface area contributed by atoms with Gasteiger partial charge in [-0.15, -0.1) is 0 Å². The summed E-state index contributed by atoms with van der Waals surface area (Å²) < 4.78 is 52.7. The summed E-state index contributed by atoms with van der Waals surface area (Å²) in [5, 5.41) is 20.3. The number of fused-ring (bicyclic) bond motifs is 1. The Morgan fingerprint density at radius 3 is 2.57 bits per heavy atom. The van der Waals surface area contributed by atoms with Crippen molar-refractivity contribution in [2.75, 3.05) is 13.1 Å². The van der Waals surface area contributed by atoms with Gasteiger partial charge in [0.1, 0.15) is 5.52 Å². The number of likely N-dealkylation sites (tertiary alicyclic amines) is 1. The number of alkyl halides is 2. The summed E-state index contributed by atoms with van der Waals surface area (Å²) in [6, 6.07) is 11.0. The molecule has 8 nitrogen and oxygen atoms in total. The summed E-state index contributed by atoms with van der Waals surface area (Å²) >= 11 is 0. The Labute approximate surface area is 213 Å². The van der Waals surface area contributed by atoms with Gasteiger partial charge in [-0.2, -0.15) is 5.26 Å². The molecule has 0 aliphatic carbocycles. The van der Waals surface area contributed by atoms with Crippen molar-refractivity contribution in [1.29, 1.82) is 5.26 Å². The number of hydrogen-bond donors (Lipinski definition) is 1. The molecule has 0 unspecified atom stereocenters. The lowest BCUT2D eigenvalue weighted by Gasteiger charge is -2.38. The highest BCUT2D eigenvalue weighted by molar-refractivity contribution is 7.90. The Hall–Kier alpha value is -3.49. The third-order valence-corrected chi connectivity index (χ3v) is 8.31. The first-order chi connectivity index (χ1) is 17.4. The van der Waals surface area contributed by atoms with Crippen LogP contribution in [-0.4, -0.2) is 58.9 Å². The van der Waals surface area contributed by atoms with Crippen LogP contribution in [0, 0.1) is 11.3 Å². The number of aliphatic hydroxyl groups is 1. The summed E-state index contributed by atoms with van der Waals surface area (Å²) in [5.41, 5.74) is -0.0861. The highest BCUT2D eigenvalue weighted by Gasteiger charge is 2.37. The van der Waals surface area contributed by atoms with Crippen LogP contribution in [0.4, 0.5) is 8.78 Å². The van der Waals surface area contributed by atoms with Gasteiger partial charge < -0.3 is 10.0 Å². The second kappa shape index (κ2) is 10.1. The van der Waals surface area contributed by atoms with Crippen molar-refractivity contribution in [3.05, 3.63) is 65.5 Å². The zero-order valence-corrected chi connectivity index (χ0v) is 21.0. The monoisotopic (exact) mass is 528 g/mol. The molecule has 0 atom stereocenters. The average molecular weight is 529 g/mol. The molecule has 1 N–H and O–H groups in total. The first-order valence-corrected chi connectivity index (χ1v) is 13.4. The van der Waals surface area contributed by atoms with E-state index in [0.29, 0.717) is 11.1 Å². The van der Waals surface area contributed by atoms with Crippen molar-refractivity contribution in [3.63, 3.8) is 0 Å². The van der Waals surface area contributed by atoms with Crippen LogP contribution in [0.3, 0.4) is 0 Å². The Kier molecular flexibility index (Phi) is 7.26. The van der Waals surface area contributed by atoms with E-state index in [1.165, 1.54) is 41.6 Å². The molecular formula is C26H26F2N4O4S. The number of amides is 1. The molecule has 2 aromatic carbocycles. The molecule has 0 spiro atoms. The first kappa shape index (κ1) is 26.6. The molecule has 1 saturated heterocycles. The summed E-state index contributed by atoms with van der Waals surface area (Å²) in [4.78, 5) is 22.9. The third kappa shape index (κ3) is 6.09. The van der Waals surface area contributed by atoms with E-state index in [1.54, 1.807) is 12.1 Å². The van der Waals surface area contributed by atoms with Gasteiger partial charge in [0.2, 0.25) is 5.92 Å². The van der Waals surface area contributed by atoms with Crippen molar-refractivity contribution in [2.45, 2.75) is 54.8 Å². The van der Waals surface area contributed by atoms with Gasteiger partial charge in [-0.05, 0) is 56.0 Å². The predicted octanol–water partition coefficient (Wildman–Crippen LogP) is 3.88. The predicted molar refractivity (Wildman–Crippen MR) is 132 cm³/mol. The lowest BCUT2D eigenvalue weighted by atomic mass is 9.86. The Balaban J connectivity index is 1.49. The highest BCUT2D eigenvalue weighted by Crippen LogP contribution is 2.32. The number of carbonyl (C=O) groups is 1. The molecule has 0 radical (unpaired) electrons. The molecule has 1 aliphatic heterocycles. The Morgan fingerprint density at radius 1 is 1.19 bits per heavy atom. The standard InChI is InChI=1S/C26H26F2N4O4S/c1-25(27,28)7-8-26(34)9-13-32(14-10-26)24(33)20-6-5-18(15-19(20)16-29)17-37(35,36)22-4-2-3-21-23(22)31-12-11-30-21/h2-6,11-12,15,34H,7-10,13-14,17H2,1H3. The minimum absolute atomic E-state index is 0.0263. The minimum Gasteiger partial charge on any atom is -0.390 e. The molecule has 0 saturated carbocycles. The van der Waals surface area contributed by atoms with Crippen LogP contribution in [0.1, 0.15) is 54.1 Å². The van der Waals surface area contributed by atoms with Gasteiger partial charge in [-0.25, -0.2) is 17.2 Å². The summed E-state index contributed by atoms with van der Waals surface area (Å²) in [7, 11) is -3.84. The molecule has 2 heterocycles. The van der Waals surface area contributed by atoms with Gasteiger partial charge in [0, 0.05) is 31.9 Å². The van der Waals surface area contributed by atoms with Crippen LogP contribution in [-0.2, 0) is 15.6 Å². The molecule has 37 heavy (non-hydrogen) atoms. The fraction of sp³-hybridized carbons (Fsp3) is 0.385. The van der Waals surface area contributed by atoms with Gasteiger partial charge in [0.25, 0.3) is 5.91 Å². The number of piperidine rings is 1. The van der Waals surface area contributed by atoms with Gasteiger partial charge in [-0.1, -0.05) is 12.1 Å². The van der Waals surface area contributed by atoms with Crippen LogP contribution < -0.4 is 0 Å². The number of para-hydroxylation sites is 1. The smallest absolute Gasteiger partial charge is 0.255 e. The fourth-order valence-corrected chi connectivity index (χ4v) is 5.98. The minimum atomic E-state index is -3.84. The molecular weight excluding hydrogens is 502 g/mol. The zero-order valence-electron chi connectivity index (χ0n) is 20.2. The van der Waals surface area contributed by atoms with E-state index in [0.717, 1.165) is 6.92 Å². The molecule has 4 rings (SSSR count). The number of aromatic nitrogens is 2. The Morgan fingerprint density at radius 2 is 1.89 bits per heavy atom. The number of rotatable bonds is 7. The molecule has 1 fully saturated rings. The lowest BCUT2D eigenvalue weighted by Crippen LogP contribution is -2.47. The van der Waals surface area contributed by atoms with Crippen molar-refractivity contribution in [3.8, 4) is 6.07 Å². The SMILES string of the molecule is CC(F)(F)CCC1(O)CCN(C(=O)c2ccc(CS(=O)(=O)c3cccc4nccnc34)cc2C#N)CC1. The summed E-state index contributed by atoms with van der Waals surface area (Å²) in [6.07, 6.45) is 2.69. The van der Waals surface area contributed by atoms with Crippen molar-refractivity contribution in [2.24, 2.45) is 0 Å². The summed E-state index contributed by atoms with van der Waals surface area (Å²) in [6.45, 7) is 1.13. The van der Waals surface area contributed by atoms with Crippen molar-refractivity contribution in [1.82, 2.24) is 14.9 Å². The third-order valence-electron chi connectivity index (χ3n) is 6.60. The van der Waals surface area contributed by atoms with E-state index in [-0.39, 0.29) is 53.9 Å². The van der Waals surface area contributed by atoms with Gasteiger partial charge in [0.15, 0.2) is 9.84 Å². The maximum Gasteiger partial charge on any atom is 0.255 e. The average Bonchev–Trinajstić information content (AvgIpc) is 2.86. The van der Waals surface area contributed by atoms with Crippen LogP contribution in [0.15, 0.2) is 53.7 Å². The van der Waals surface area contributed by atoms with Crippen LogP contribution in [0.2, 0.25) is 0 Å². The molecule has 1 amide bonds. The van der Waals surface area contributed by atoms with Crippen LogP contribution >= 0.6 is 0 Å². The lowest BCUT2D eigenvalue weighted by molar-refractivity contribution is -0.0570. The normalized spacial score (nSPS) is 15.9. The second-order valence-electron chi connectivity index (χ2n) is 9.52. The van der Waals surface area contributed by atoms with Gasteiger partial charge in [0.05, 0.1) is 39.0 Å². The van der Waals surface area contributed by atoms with Crippen LogP contribution in [0.25, 0.3) is 11.0 Å². The zero-order chi connectivity index (χ0) is 26.8. The largest absolute Gasteiger partial charge is 0.390 e.